The van der Waals surface area contributed by atoms with E-state index >= 15 is 0 Å². The Hall–Kier alpha value is -1.37. The molecule has 0 unspecified atom stereocenters. The van der Waals surface area contributed by atoms with Crippen LogP contribution in [-0.4, -0.2) is 48.0 Å². The number of nitrogens with zero attached hydrogens (tertiary/aromatic N) is 1. The lowest BCUT2D eigenvalue weighted by molar-refractivity contribution is 0.0509. The van der Waals surface area contributed by atoms with Crippen molar-refractivity contribution in [1.82, 2.24) is 4.90 Å². The van der Waals surface area contributed by atoms with Crippen molar-refractivity contribution in [3.05, 3.63) is 29.0 Å². The smallest absolute Gasteiger partial charge is 0.321 e. The maximum absolute atomic E-state index is 13.7. The predicted molar refractivity (Wildman–Crippen MR) is 75.3 cm³/mol. The molecule has 0 heterocycles. The average molecular weight is 305 g/mol. The van der Waals surface area contributed by atoms with Crippen LogP contribution >= 0.6 is 11.6 Å². The van der Waals surface area contributed by atoms with E-state index in [-0.39, 0.29) is 30.5 Å². The summed E-state index contributed by atoms with van der Waals surface area (Å²) in [4.78, 5) is 13.2. The Morgan fingerprint density at radius 1 is 1.45 bits per heavy atom. The normalized spacial score (nSPS) is 11.3. The van der Waals surface area contributed by atoms with Crippen LogP contribution in [0.5, 0.6) is 0 Å². The Kier molecular flexibility index (Phi) is 5.74. The molecule has 0 atom stereocenters. The number of nitrogens with one attached hydrogen (secondary N) is 1. The Labute approximate surface area is 122 Å². The number of amides is 2. The lowest BCUT2D eigenvalue weighted by Gasteiger charge is -2.30. The molecule has 7 heteroatoms. The highest BCUT2D eigenvalue weighted by Crippen LogP contribution is 2.22. The van der Waals surface area contributed by atoms with E-state index in [1.54, 1.807) is 6.92 Å². The molecule has 0 aliphatic heterocycles. The van der Waals surface area contributed by atoms with Gasteiger partial charge < -0.3 is 20.4 Å². The van der Waals surface area contributed by atoms with Gasteiger partial charge in [-0.05, 0) is 12.1 Å². The zero-order valence-corrected chi connectivity index (χ0v) is 12.1. The van der Waals surface area contributed by atoms with E-state index < -0.39 is 17.3 Å². The molecule has 0 bridgehead atoms. The van der Waals surface area contributed by atoms with Crippen LogP contribution in [0.3, 0.4) is 0 Å². The third-order valence-corrected chi connectivity index (χ3v) is 3.21. The van der Waals surface area contributed by atoms with E-state index in [1.807, 2.05) is 0 Å². The Morgan fingerprint density at radius 2 is 2.05 bits per heavy atom. The first-order valence-electron chi connectivity index (χ1n) is 6.01. The molecule has 0 aliphatic rings. The summed E-state index contributed by atoms with van der Waals surface area (Å²) >= 11 is 5.62. The second kappa shape index (κ2) is 6.88. The second-order valence-corrected chi connectivity index (χ2v) is 5.42. The number of halogens is 2. The summed E-state index contributed by atoms with van der Waals surface area (Å²) in [5, 5.41) is 20.7. The summed E-state index contributed by atoms with van der Waals surface area (Å²) < 4.78 is 13.7. The van der Waals surface area contributed by atoms with Crippen molar-refractivity contribution in [3.63, 3.8) is 0 Å². The summed E-state index contributed by atoms with van der Waals surface area (Å²) in [6.07, 6.45) is 0. The molecule has 1 rings (SSSR count). The number of aliphatic hydroxyl groups excluding tert-OH is 2. The maximum atomic E-state index is 13.7. The van der Waals surface area contributed by atoms with Gasteiger partial charge in [0.25, 0.3) is 0 Å². The van der Waals surface area contributed by atoms with Crippen molar-refractivity contribution in [2.75, 3.05) is 32.1 Å². The predicted octanol–water partition coefficient (Wildman–Crippen LogP) is 1.93. The van der Waals surface area contributed by atoms with Gasteiger partial charge in [-0.1, -0.05) is 24.6 Å². The molecule has 0 spiro atoms. The molecular weight excluding hydrogens is 287 g/mol. The molecular formula is C13H18ClFN2O3. The lowest BCUT2D eigenvalue weighted by atomic mass is 9.92. The summed E-state index contributed by atoms with van der Waals surface area (Å²) in [7, 11) is 1.49. The molecule has 0 radical (unpaired) electrons. The van der Waals surface area contributed by atoms with Crippen molar-refractivity contribution in [2.45, 2.75) is 6.92 Å². The lowest BCUT2D eigenvalue weighted by Crippen LogP contribution is -2.43. The number of carbonyl (C=O) groups is 1. The molecule has 20 heavy (non-hydrogen) atoms. The van der Waals surface area contributed by atoms with Crippen LogP contribution < -0.4 is 5.32 Å². The number of hydrogen-bond acceptors (Lipinski definition) is 3. The standard InChI is InChI=1S/C13H18ClFN2O3/c1-13(7-18,8-19)6-17(2)12(20)16-10-5-3-4-9(14)11(10)15/h3-5,18-19H,6-8H2,1-2H3,(H,16,20). The third kappa shape index (κ3) is 4.06. The molecule has 1 aromatic rings. The van der Waals surface area contributed by atoms with Gasteiger partial charge in [-0.15, -0.1) is 0 Å². The van der Waals surface area contributed by atoms with Gasteiger partial charge in [0.05, 0.1) is 23.9 Å². The Morgan fingerprint density at radius 3 is 2.60 bits per heavy atom. The molecule has 0 aromatic heterocycles. The molecule has 112 valence electrons. The molecule has 0 fully saturated rings. The number of hydrogen-bond donors (Lipinski definition) is 3. The van der Waals surface area contributed by atoms with Crippen LogP contribution in [0.1, 0.15) is 6.92 Å². The number of urea groups is 1. The highest BCUT2D eigenvalue weighted by Gasteiger charge is 2.26. The fourth-order valence-electron chi connectivity index (χ4n) is 1.61. The zero-order chi connectivity index (χ0) is 15.3. The van der Waals surface area contributed by atoms with Crippen molar-refractivity contribution < 1.29 is 19.4 Å². The van der Waals surface area contributed by atoms with Crippen LogP contribution in [0, 0.1) is 11.2 Å². The first kappa shape index (κ1) is 16.7. The summed E-state index contributed by atoms with van der Waals surface area (Å²) in [6, 6.07) is 3.74. The molecule has 0 saturated heterocycles. The minimum atomic E-state index is -0.820. The molecule has 2 amide bonds. The zero-order valence-electron chi connectivity index (χ0n) is 11.4. The molecule has 5 nitrogen and oxygen atoms in total. The maximum Gasteiger partial charge on any atom is 0.321 e. The largest absolute Gasteiger partial charge is 0.396 e. The average Bonchev–Trinajstić information content (AvgIpc) is 2.43. The van der Waals surface area contributed by atoms with Gasteiger partial charge in [-0.3, -0.25) is 0 Å². The van der Waals surface area contributed by atoms with Gasteiger partial charge in [-0.25, -0.2) is 9.18 Å². The SMILES string of the molecule is CN(CC(C)(CO)CO)C(=O)Nc1cccc(Cl)c1F. The monoisotopic (exact) mass is 304 g/mol. The van der Waals surface area contributed by atoms with Gasteiger partial charge in [0.15, 0.2) is 5.82 Å². The Balaban J connectivity index is 2.73. The van der Waals surface area contributed by atoms with Crippen molar-refractivity contribution in [2.24, 2.45) is 5.41 Å². The number of anilines is 1. The number of aliphatic hydroxyl groups is 2. The van der Waals surface area contributed by atoms with Crippen LogP contribution in [0.4, 0.5) is 14.9 Å². The van der Waals surface area contributed by atoms with Crippen molar-refractivity contribution in [3.8, 4) is 0 Å². The van der Waals surface area contributed by atoms with Crippen molar-refractivity contribution in [1.29, 1.82) is 0 Å². The van der Waals surface area contributed by atoms with Crippen molar-refractivity contribution >= 4 is 23.3 Å². The summed E-state index contributed by atoms with van der Waals surface area (Å²) in [6.45, 7) is 1.21. The van der Waals surface area contributed by atoms with Crippen LogP contribution in [0.25, 0.3) is 0 Å². The molecule has 1 aromatic carbocycles. The topological polar surface area (TPSA) is 72.8 Å². The van der Waals surface area contributed by atoms with Crippen LogP contribution in [-0.2, 0) is 0 Å². The highest BCUT2D eigenvalue weighted by molar-refractivity contribution is 6.31. The first-order valence-corrected chi connectivity index (χ1v) is 6.38. The molecule has 0 aliphatic carbocycles. The van der Waals surface area contributed by atoms with Crippen LogP contribution in [0.2, 0.25) is 5.02 Å². The van der Waals surface area contributed by atoms with Gasteiger partial charge in [0.2, 0.25) is 0 Å². The quantitative estimate of drug-likeness (QED) is 0.778. The van der Waals surface area contributed by atoms with E-state index in [2.05, 4.69) is 5.32 Å². The van der Waals surface area contributed by atoms with E-state index in [0.717, 1.165) is 0 Å². The van der Waals surface area contributed by atoms with Crippen LogP contribution in [0.15, 0.2) is 18.2 Å². The van der Waals surface area contributed by atoms with E-state index in [9.17, 15) is 19.4 Å². The summed E-state index contributed by atoms with van der Waals surface area (Å²) in [5.74, 6) is -0.706. The minimum absolute atomic E-state index is 0.0240. The van der Waals surface area contributed by atoms with Gasteiger partial charge in [-0.2, -0.15) is 0 Å². The number of benzene rings is 1. The molecule has 0 saturated carbocycles. The molecule has 3 N–H and O–H groups in total. The highest BCUT2D eigenvalue weighted by atomic mass is 35.5. The fraction of sp³-hybridized carbons (Fsp3) is 0.462. The second-order valence-electron chi connectivity index (χ2n) is 5.01. The fourth-order valence-corrected chi connectivity index (χ4v) is 1.78. The van der Waals surface area contributed by atoms with E-state index in [1.165, 1.54) is 30.1 Å². The minimum Gasteiger partial charge on any atom is -0.396 e. The van der Waals surface area contributed by atoms with Gasteiger partial charge >= 0.3 is 6.03 Å². The third-order valence-electron chi connectivity index (χ3n) is 2.92. The number of rotatable bonds is 5. The first-order chi connectivity index (χ1) is 9.33. The van der Waals surface area contributed by atoms with Gasteiger partial charge in [0, 0.05) is 19.0 Å². The van der Waals surface area contributed by atoms with E-state index in [0.29, 0.717) is 0 Å². The Bertz CT molecular complexity index is 481. The number of carbonyl (C=O) groups excluding carboxylic acids is 1. The summed E-state index contributed by atoms with van der Waals surface area (Å²) in [5.41, 5.74) is -0.844. The van der Waals surface area contributed by atoms with E-state index in [4.69, 9.17) is 11.6 Å². The van der Waals surface area contributed by atoms with Gasteiger partial charge in [0.1, 0.15) is 0 Å².